The molecule has 1 aromatic rings. The summed E-state index contributed by atoms with van der Waals surface area (Å²) < 4.78 is 26.4. The van der Waals surface area contributed by atoms with Gasteiger partial charge in [0.2, 0.25) is 10.0 Å². The van der Waals surface area contributed by atoms with Gasteiger partial charge in [-0.05, 0) is 26.8 Å². The first-order chi connectivity index (χ1) is 9.50. The Hall–Kier alpha value is -1.51. The molecule has 1 rings (SSSR count). The molecule has 0 amide bonds. The lowest BCUT2D eigenvalue weighted by Gasteiger charge is -2.27. The lowest BCUT2D eigenvalue weighted by atomic mass is 10.1. The van der Waals surface area contributed by atoms with Crippen LogP contribution in [0.25, 0.3) is 0 Å². The molecule has 0 bridgehead atoms. The van der Waals surface area contributed by atoms with Gasteiger partial charge in [-0.25, -0.2) is 8.42 Å². The van der Waals surface area contributed by atoms with Crippen LogP contribution in [0.1, 0.15) is 26.3 Å². The highest BCUT2D eigenvalue weighted by molar-refractivity contribution is 7.89. The van der Waals surface area contributed by atoms with Crippen LogP contribution in [0.3, 0.4) is 0 Å². The molecule has 8 heteroatoms. The number of sulfonamides is 1. The van der Waals surface area contributed by atoms with E-state index in [0.29, 0.717) is 0 Å². The molecule has 21 heavy (non-hydrogen) atoms. The second kappa shape index (κ2) is 6.08. The van der Waals surface area contributed by atoms with Gasteiger partial charge in [0.05, 0.1) is 15.4 Å². The third kappa shape index (κ3) is 3.99. The first-order valence-corrected chi connectivity index (χ1v) is 7.91. The molecule has 0 aliphatic rings. The zero-order valence-corrected chi connectivity index (χ0v) is 13.3. The number of nitro benzene ring substituents is 1. The van der Waals surface area contributed by atoms with Gasteiger partial charge in [-0.15, -0.1) is 0 Å². The van der Waals surface area contributed by atoms with Crippen molar-refractivity contribution in [1.29, 1.82) is 0 Å². The van der Waals surface area contributed by atoms with Crippen molar-refractivity contribution in [3.63, 3.8) is 0 Å². The van der Waals surface area contributed by atoms with E-state index < -0.39 is 20.5 Å². The summed E-state index contributed by atoms with van der Waals surface area (Å²) in [7, 11) is -3.90. The third-order valence-electron chi connectivity index (χ3n) is 2.99. The summed E-state index contributed by atoms with van der Waals surface area (Å²) >= 11 is 0. The van der Waals surface area contributed by atoms with Crippen molar-refractivity contribution >= 4 is 15.7 Å². The van der Waals surface area contributed by atoms with Crippen LogP contribution in [-0.2, 0) is 10.0 Å². The number of benzene rings is 1. The van der Waals surface area contributed by atoms with E-state index in [1.807, 2.05) is 0 Å². The van der Waals surface area contributed by atoms with Crippen molar-refractivity contribution in [2.45, 2.75) is 38.2 Å². The van der Waals surface area contributed by atoms with E-state index in [1.165, 1.54) is 39.0 Å². The summed E-state index contributed by atoms with van der Waals surface area (Å²) in [5.41, 5.74) is -1.34. The van der Waals surface area contributed by atoms with Crippen LogP contribution in [-0.4, -0.2) is 41.4 Å². The Morgan fingerprint density at radius 2 is 1.95 bits per heavy atom. The quantitative estimate of drug-likeness (QED) is 0.635. The third-order valence-corrected chi connectivity index (χ3v) is 5.05. The zero-order chi connectivity index (χ0) is 16.4. The molecule has 7 nitrogen and oxygen atoms in total. The highest BCUT2D eigenvalue weighted by Gasteiger charge is 2.31. The lowest BCUT2D eigenvalue weighted by Crippen LogP contribution is -2.42. The number of hydrogen-bond donors (Lipinski definition) is 1. The Kier molecular flexibility index (Phi) is 5.08. The average Bonchev–Trinajstić information content (AvgIpc) is 2.34. The van der Waals surface area contributed by atoms with Crippen LogP contribution < -0.4 is 0 Å². The van der Waals surface area contributed by atoms with Crippen LogP contribution in [0.15, 0.2) is 23.1 Å². The van der Waals surface area contributed by atoms with Gasteiger partial charge in [-0.1, -0.05) is 13.0 Å². The number of rotatable bonds is 6. The molecule has 1 aromatic carbocycles. The number of aliphatic hydroxyl groups is 1. The maximum absolute atomic E-state index is 12.6. The van der Waals surface area contributed by atoms with Gasteiger partial charge in [0, 0.05) is 24.7 Å². The maximum atomic E-state index is 12.6. The molecule has 0 aliphatic heterocycles. The minimum Gasteiger partial charge on any atom is -0.389 e. The van der Waals surface area contributed by atoms with Crippen molar-refractivity contribution in [2.75, 3.05) is 13.1 Å². The summed E-state index contributed by atoms with van der Waals surface area (Å²) in [6, 6.07) is 3.95. The van der Waals surface area contributed by atoms with Gasteiger partial charge < -0.3 is 5.11 Å². The SMILES string of the molecule is CCN(CC(C)(C)O)S(=O)(=O)c1cccc([N+](=O)[O-])c1C. The lowest BCUT2D eigenvalue weighted by molar-refractivity contribution is -0.385. The Bertz CT molecular complexity index is 634. The molecule has 0 spiro atoms. The smallest absolute Gasteiger partial charge is 0.273 e. The Morgan fingerprint density at radius 3 is 2.38 bits per heavy atom. The second-order valence-electron chi connectivity index (χ2n) is 5.40. The summed E-state index contributed by atoms with van der Waals surface area (Å²) in [6.45, 7) is 6.14. The van der Waals surface area contributed by atoms with Gasteiger partial charge in [-0.2, -0.15) is 4.31 Å². The van der Waals surface area contributed by atoms with E-state index >= 15 is 0 Å². The van der Waals surface area contributed by atoms with Crippen molar-refractivity contribution in [3.8, 4) is 0 Å². The van der Waals surface area contributed by atoms with Crippen molar-refractivity contribution in [2.24, 2.45) is 0 Å². The molecule has 0 atom stereocenters. The maximum Gasteiger partial charge on any atom is 0.273 e. The Labute approximate surface area is 124 Å². The Balaban J connectivity index is 3.36. The minimum absolute atomic E-state index is 0.0893. The summed E-state index contributed by atoms with van der Waals surface area (Å²) in [4.78, 5) is 10.2. The monoisotopic (exact) mass is 316 g/mol. The van der Waals surface area contributed by atoms with E-state index in [4.69, 9.17) is 0 Å². The minimum atomic E-state index is -3.90. The molecule has 0 aromatic heterocycles. The van der Waals surface area contributed by atoms with E-state index in [0.717, 1.165) is 4.31 Å². The first kappa shape index (κ1) is 17.5. The van der Waals surface area contributed by atoms with Crippen molar-refractivity contribution in [1.82, 2.24) is 4.31 Å². The summed E-state index contributed by atoms with van der Waals surface area (Å²) in [5.74, 6) is 0. The highest BCUT2D eigenvalue weighted by Crippen LogP contribution is 2.27. The molecular weight excluding hydrogens is 296 g/mol. The molecule has 0 heterocycles. The van der Waals surface area contributed by atoms with Gasteiger partial charge in [0.25, 0.3) is 5.69 Å². The fourth-order valence-corrected chi connectivity index (χ4v) is 3.86. The van der Waals surface area contributed by atoms with E-state index in [-0.39, 0.29) is 29.2 Å². The number of hydrogen-bond acceptors (Lipinski definition) is 5. The molecular formula is C13H20N2O5S. The number of nitro groups is 1. The van der Waals surface area contributed by atoms with E-state index in [2.05, 4.69) is 0 Å². The molecule has 0 aliphatic carbocycles. The molecule has 0 radical (unpaired) electrons. The zero-order valence-electron chi connectivity index (χ0n) is 12.5. The van der Waals surface area contributed by atoms with Gasteiger partial charge in [-0.3, -0.25) is 10.1 Å². The number of nitrogens with zero attached hydrogens (tertiary/aromatic N) is 2. The van der Waals surface area contributed by atoms with Crippen molar-refractivity contribution < 1.29 is 18.4 Å². The molecule has 118 valence electrons. The molecule has 0 saturated carbocycles. The first-order valence-electron chi connectivity index (χ1n) is 6.47. The van der Waals surface area contributed by atoms with Gasteiger partial charge in [0.15, 0.2) is 0 Å². The van der Waals surface area contributed by atoms with Crippen LogP contribution in [0.2, 0.25) is 0 Å². The molecule has 1 N–H and O–H groups in total. The summed E-state index contributed by atoms with van der Waals surface area (Å²) in [5, 5.41) is 20.8. The van der Waals surface area contributed by atoms with Crippen LogP contribution in [0, 0.1) is 17.0 Å². The predicted octanol–water partition coefficient (Wildman–Crippen LogP) is 1.68. The van der Waals surface area contributed by atoms with Crippen LogP contribution in [0.4, 0.5) is 5.69 Å². The van der Waals surface area contributed by atoms with Gasteiger partial charge in [0.1, 0.15) is 0 Å². The van der Waals surface area contributed by atoms with Crippen molar-refractivity contribution in [3.05, 3.63) is 33.9 Å². The van der Waals surface area contributed by atoms with E-state index in [9.17, 15) is 23.6 Å². The van der Waals surface area contributed by atoms with Gasteiger partial charge >= 0.3 is 0 Å². The van der Waals surface area contributed by atoms with Crippen LogP contribution >= 0.6 is 0 Å². The molecule has 0 saturated heterocycles. The van der Waals surface area contributed by atoms with E-state index in [1.54, 1.807) is 6.92 Å². The summed E-state index contributed by atoms with van der Waals surface area (Å²) in [6.07, 6.45) is 0. The fourth-order valence-electron chi connectivity index (χ4n) is 2.02. The second-order valence-corrected chi connectivity index (χ2v) is 7.31. The Morgan fingerprint density at radius 1 is 1.38 bits per heavy atom. The van der Waals surface area contributed by atoms with Crippen LogP contribution in [0.5, 0.6) is 0 Å². The normalized spacial score (nSPS) is 12.7. The predicted molar refractivity (Wildman–Crippen MR) is 78.6 cm³/mol. The number of likely N-dealkylation sites (N-methyl/N-ethyl adjacent to an activating group) is 1. The fraction of sp³-hybridized carbons (Fsp3) is 0.538. The molecule has 0 fully saturated rings. The average molecular weight is 316 g/mol. The topological polar surface area (TPSA) is 101 Å². The largest absolute Gasteiger partial charge is 0.389 e. The standard InChI is InChI=1S/C13H20N2O5S/c1-5-14(9-13(3,4)16)21(19,20)12-8-6-7-11(10(12)2)15(17)18/h6-8,16H,5,9H2,1-4H3. The molecule has 0 unspecified atom stereocenters. The highest BCUT2D eigenvalue weighted by atomic mass is 32.2.